The Morgan fingerprint density at radius 1 is 1.18 bits per heavy atom. The fraction of sp³-hybridized carbons (Fsp3) is 0.407. The zero-order valence-corrected chi connectivity index (χ0v) is 22.2. The quantitative estimate of drug-likeness (QED) is 0.341. The van der Waals surface area contributed by atoms with E-state index in [1.807, 2.05) is 56.6 Å². The van der Waals surface area contributed by atoms with Gasteiger partial charge in [0.2, 0.25) is 5.95 Å². The summed E-state index contributed by atoms with van der Waals surface area (Å²) >= 11 is 0. The van der Waals surface area contributed by atoms with Gasteiger partial charge in [-0.1, -0.05) is 13.0 Å². The zero-order chi connectivity index (χ0) is 26.7. The second kappa shape index (κ2) is 10.7. The summed E-state index contributed by atoms with van der Waals surface area (Å²) in [5, 5.41) is 14.6. The van der Waals surface area contributed by atoms with E-state index in [4.69, 9.17) is 9.72 Å². The normalized spacial score (nSPS) is 15.8. The Morgan fingerprint density at radius 3 is 2.63 bits per heavy atom. The first kappa shape index (κ1) is 25.5. The molecule has 0 radical (unpaired) electrons. The average Bonchev–Trinajstić information content (AvgIpc) is 3.60. The van der Waals surface area contributed by atoms with Crippen LogP contribution in [0.4, 0.5) is 17.6 Å². The van der Waals surface area contributed by atoms with Crippen molar-refractivity contribution in [2.45, 2.75) is 51.6 Å². The van der Waals surface area contributed by atoms with E-state index in [9.17, 15) is 4.79 Å². The number of hydrogen-bond acceptors (Lipinski definition) is 9. The topological polar surface area (TPSA) is 127 Å². The summed E-state index contributed by atoms with van der Waals surface area (Å²) in [6.07, 6.45) is 6.92. The second-order valence-corrected chi connectivity index (χ2v) is 9.87. The summed E-state index contributed by atoms with van der Waals surface area (Å²) < 4.78 is 7.60. The maximum Gasteiger partial charge on any atom is 0.227 e. The van der Waals surface area contributed by atoms with Gasteiger partial charge >= 0.3 is 0 Å². The summed E-state index contributed by atoms with van der Waals surface area (Å²) in [4.78, 5) is 29.5. The van der Waals surface area contributed by atoms with Crippen molar-refractivity contribution in [3.63, 3.8) is 0 Å². The van der Waals surface area contributed by atoms with E-state index in [0.717, 1.165) is 22.8 Å². The highest BCUT2D eigenvalue weighted by Gasteiger charge is 2.42. The molecule has 0 aliphatic carbocycles. The number of anilines is 3. The molecule has 2 N–H and O–H groups in total. The van der Waals surface area contributed by atoms with Crippen LogP contribution in [0.25, 0.3) is 5.82 Å². The molecule has 1 atom stereocenters. The summed E-state index contributed by atoms with van der Waals surface area (Å²) in [7, 11) is 1.63. The third-order valence-electron chi connectivity index (χ3n) is 7.13. The number of methoxy groups -OCH3 is 1. The highest BCUT2D eigenvalue weighted by atomic mass is 16.5. The van der Waals surface area contributed by atoms with E-state index in [-0.39, 0.29) is 11.7 Å². The van der Waals surface area contributed by atoms with Gasteiger partial charge in [0.05, 0.1) is 0 Å². The molecule has 4 aromatic heterocycles. The van der Waals surface area contributed by atoms with Gasteiger partial charge in [-0.25, -0.2) is 14.6 Å². The van der Waals surface area contributed by atoms with E-state index in [2.05, 4.69) is 42.4 Å². The van der Waals surface area contributed by atoms with Crippen LogP contribution in [0.15, 0.2) is 48.9 Å². The highest BCUT2D eigenvalue weighted by molar-refractivity contribution is 5.88. The predicted octanol–water partition coefficient (Wildman–Crippen LogP) is 3.89. The van der Waals surface area contributed by atoms with E-state index in [1.165, 1.54) is 0 Å². The molecule has 4 aromatic rings. The molecule has 1 fully saturated rings. The molecule has 1 aliphatic rings. The number of carbonyl (C=O) groups is 1. The first-order chi connectivity index (χ1) is 18.3. The van der Waals surface area contributed by atoms with E-state index < -0.39 is 5.60 Å². The van der Waals surface area contributed by atoms with Gasteiger partial charge < -0.3 is 15.0 Å². The number of aryl methyl sites for hydroxylation is 2. The summed E-state index contributed by atoms with van der Waals surface area (Å²) in [5.41, 5.74) is 2.01. The Hall–Kier alpha value is -4.12. The number of carbonyl (C=O) groups excluding carboxylic acids is 1. The zero-order valence-electron chi connectivity index (χ0n) is 22.2. The fourth-order valence-corrected chi connectivity index (χ4v) is 4.85. The molecule has 1 aliphatic heterocycles. The lowest BCUT2D eigenvalue weighted by Gasteiger charge is -2.40. The number of ketones is 1. The monoisotopic (exact) mass is 515 g/mol. The smallest absolute Gasteiger partial charge is 0.227 e. The number of aromatic nitrogens is 7. The Balaban J connectivity index is 1.22. The van der Waals surface area contributed by atoms with Gasteiger partial charge in [-0.15, -0.1) is 0 Å². The Morgan fingerprint density at radius 2 is 2.00 bits per heavy atom. The lowest BCUT2D eigenvalue weighted by molar-refractivity contribution is -0.144. The molecule has 38 heavy (non-hydrogen) atoms. The van der Waals surface area contributed by atoms with Gasteiger partial charge in [0.15, 0.2) is 17.4 Å². The van der Waals surface area contributed by atoms with Crippen LogP contribution in [-0.4, -0.2) is 66.5 Å². The van der Waals surface area contributed by atoms with Crippen molar-refractivity contribution < 1.29 is 9.53 Å². The predicted molar refractivity (Wildman–Crippen MR) is 144 cm³/mol. The minimum absolute atomic E-state index is 0.0196. The summed E-state index contributed by atoms with van der Waals surface area (Å²) in [6, 6.07) is 9.59. The third-order valence-corrected chi connectivity index (χ3v) is 7.13. The molecule has 0 saturated carbocycles. The van der Waals surface area contributed by atoms with Crippen LogP contribution in [0.3, 0.4) is 0 Å². The fourth-order valence-electron chi connectivity index (χ4n) is 4.85. The number of hydrogen-bond donors (Lipinski definition) is 2. The molecular weight excluding hydrogens is 482 g/mol. The Kier molecular flexibility index (Phi) is 7.19. The van der Waals surface area contributed by atoms with Gasteiger partial charge in [0.1, 0.15) is 11.4 Å². The molecule has 198 valence electrons. The number of aromatic amines is 1. The number of ether oxygens (including phenoxy) is 1. The van der Waals surface area contributed by atoms with Crippen LogP contribution >= 0.6 is 0 Å². The minimum Gasteiger partial charge on any atom is -0.370 e. The first-order valence-electron chi connectivity index (χ1n) is 12.8. The van der Waals surface area contributed by atoms with E-state index >= 15 is 0 Å². The average molecular weight is 516 g/mol. The minimum atomic E-state index is -0.815. The number of nitrogens with one attached hydrogen (secondary N) is 2. The first-order valence-corrected chi connectivity index (χ1v) is 12.8. The van der Waals surface area contributed by atoms with Gasteiger partial charge in [-0.3, -0.25) is 9.89 Å². The number of H-pyrrole nitrogens is 1. The van der Waals surface area contributed by atoms with Crippen LogP contribution in [0.1, 0.15) is 49.1 Å². The lowest BCUT2D eigenvalue weighted by atomic mass is 9.82. The number of nitrogens with zero attached hydrogens (tertiary/aromatic N) is 7. The maximum atomic E-state index is 13.5. The number of Topliss-reactive ketones (excluding diaryl/α,β-unsaturated/α-hetero) is 1. The van der Waals surface area contributed by atoms with Gasteiger partial charge in [-0.2, -0.15) is 15.2 Å². The molecule has 0 bridgehead atoms. The molecule has 5 heterocycles. The molecule has 0 aromatic carbocycles. The maximum absolute atomic E-state index is 13.5. The molecular formula is C27H33N9O2. The molecule has 0 unspecified atom stereocenters. The summed E-state index contributed by atoms with van der Waals surface area (Å²) in [5.74, 6) is 2.90. The largest absolute Gasteiger partial charge is 0.370 e. The Bertz CT molecular complexity index is 1370. The number of rotatable bonds is 9. The van der Waals surface area contributed by atoms with Crippen LogP contribution in [0.5, 0.6) is 0 Å². The molecule has 0 amide bonds. The van der Waals surface area contributed by atoms with Crippen LogP contribution in [0.2, 0.25) is 0 Å². The van der Waals surface area contributed by atoms with E-state index in [1.54, 1.807) is 18.0 Å². The lowest BCUT2D eigenvalue weighted by Crippen LogP contribution is -2.51. The van der Waals surface area contributed by atoms with Crippen LogP contribution < -0.4 is 10.2 Å². The van der Waals surface area contributed by atoms with Crippen molar-refractivity contribution in [2.24, 2.45) is 0 Å². The Labute approximate surface area is 221 Å². The van der Waals surface area contributed by atoms with Crippen LogP contribution in [-0.2, 0) is 9.53 Å². The van der Waals surface area contributed by atoms with Crippen molar-refractivity contribution in [3.8, 4) is 5.82 Å². The van der Waals surface area contributed by atoms with Crippen molar-refractivity contribution in [2.75, 3.05) is 30.4 Å². The van der Waals surface area contributed by atoms with Crippen molar-refractivity contribution in [3.05, 3.63) is 65.9 Å². The third kappa shape index (κ3) is 5.42. The van der Waals surface area contributed by atoms with Crippen molar-refractivity contribution in [1.29, 1.82) is 0 Å². The standard InChI is InChI=1S/C27H33N9O2/c1-18(21-6-7-25(28-17-21)36-11-5-10-29-36)14-22(37)27(38-4)8-12-35(13-9-27)26-30-19(2)15-23(32-26)31-24-16-20(3)33-34-24/h5-7,10-11,15-18H,8-9,12-14H2,1-4H3,(H2,30,31,32,33,34)/t18-/m1/s1. The van der Waals surface area contributed by atoms with Crippen molar-refractivity contribution in [1.82, 2.24) is 34.9 Å². The second-order valence-electron chi connectivity index (χ2n) is 9.87. The van der Waals surface area contributed by atoms with Gasteiger partial charge in [-0.05, 0) is 37.5 Å². The summed E-state index contributed by atoms with van der Waals surface area (Å²) in [6.45, 7) is 7.19. The molecule has 11 heteroatoms. The van der Waals surface area contributed by atoms with Gasteiger partial charge in [0.25, 0.3) is 0 Å². The van der Waals surface area contributed by atoms with E-state index in [0.29, 0.717) is 49.9 Å². The van der Waals surface area contributed by atoms with Crippen LogP contribution in [0, 0.1) is 13.8 Å². The number of piperidine rings is 1. The number of pyridine rings is 1. The SMILES string of the molecule is COC1(C(=O)C[C@@H](C)c2ccc(-n3cccn3)nc2)CCN(c2nc(C)cc(Nc3cc(C)[nH]n3)n2)CC1. The van der Waals surface area contributed by atoms with Gasteiger partial charge in [0, 0.05) is 81.6 Å². The molecule has 11 nitrogen and oxygen atoms in total. The molecule has 5 rings (SSSR count). The molecule has 1 saturated heterocycles. The highest BCUT2D eigenvalue weighted by Crippen LogP contribution is 2.33. The van der Waals surface area contributed by atoms with Crippen molar-refractivity contribution >= 4 is 23.4 Å². The molecule has 0 spiro atoms.